The quantitative estimate of drug-likeness (QED) is 0.768. The molecule has 1 aromatic carbocycles. The summed E-state index contributed by atoms with van der Waals surface area (Å²) >= 11 is 0. The predicted octanol–water partition coefficient (Wildman–Crippen LogP) is 1.75. The standard InChI is InChI=1S/C18H20F2N4O3/c19-15(20)9-24-18(26)23-8-7-22(10-16(23)21-24)17(25)13-3-1-2-4-14(13)27-11-12-5-6-12/h1-4,12,15H,5-11H2. The number of benzene rings is 1. The molecular weight excluding hydrogens is 358 g/mol. The molecular formula is C18H20F2N4O3. The van der Waals surface area contributed by atoms with Gasteiger partial charge < -0.3 is 9.64 Å². The van der Waals surface area contributed by atoms with E-state index in [4.69, 9.17) is 4.74 Å². The Morgan fingerprint density at radius 1 is 1.26 bits per heavy atom. The van der Waals surface area contributed by atoms with Crippen LogP contribution in [0.15, 0.2) is 29.1 Å². The average Bonchev–Trinajstić information content (AvgIpc) is 3.44. The molecule has 27 heavy (non-hydrogen) atoms. The van der Waals surface area contributed by atoms with Crippen LogP contribution >= 0.6 is 0 Å². The molecule has 1 amide bonds. The first-order valence-electron chi connectivity index (χ1n) is 8.98. The number of amides is 1. The van der Waals surface area contributed by atoms with Crippen LogP contribution in [0.2, 0.25) is 0 Å². The van der Waals surface area contributed by atoms with Gasteiger partial charge in [0.15, 0.2) is 5.82 Å². The van der Waals surface area contributed by atoms with E-state index in [0.717, 1.165) is 17.5 Å². The van der Waals surface area contributed by atoms with Gasteiger partial charge in [-0.05, 0) is 30.9 Å². The van der Waals surface area contributed by atoms with Crippen molar-refractivity contribution < 1.29 is 18.3 Å². The number of carbonyl (C=O) groups is 1. The molecule has 0 N–H and O–H groups in total. The number of ether oxygens (including phenoxy) is 1. The van der Waals surface area contributed by atoms with E-state index in [1.54, 1.807) is 23.1 Å². The van der Waals surface area contributed by atoms with Gasteiger partial charge in [0.05, 0.1) is 18.7 Å². The highest BCUT2D eigenvalue weighted by Crippen LogP contribution is 2.30. The van der Waals surface area contributed by atoms with Crippen LogP contribution in [0.25, 0.3) is 0 Å². The van der Waals surface area contributed by atoms with Gasteiger partial charge in [-0.15, -0.1) is 0 Å². The van der Waals surface area contributed by atoms with Crippen LogP contribution in [0.1, 0.15) is 29.0 Å². The third kappa shape index (κ3) is 3.72. The molecule has 0 spiro atoms. The summed E-state index contributed by atoms with van der Waals surface area (Å²) in [6, 6.07) is 7.07. The lowest BCUT2D eigenvalue weighted by atomic mass is 10.1. The van der Waals surface area contributed by atoms with Gasteiger partial charge in [-0.3, -0.25) is 9.36 Å². The fraction of sp³-hybridized carbons (Fsp3) is 0.500. The Morgan fingerprint density at radius 2 is 2.04 bits per heavy atom. The molecule has 1 aliphatic carbocycles. The molecule has 144 valence electrons. The Kier molecular flexibility index (Phi) is 4.67. The Labute approximate surface area is 154 Å². The number of hydrogen-bond acceptors (Lipinski definition) is 4. The minimum atomic E-state index is -2.66. The average molecular weight is 378 g/mol. The van der Waals surface area contributed by atoms with Crippen molar-refractivity contribution in [2.75, 3.05) is 13.2 Å². The molecule has 0 unspecified atom stereocenters. The molecule has 0 bridgehead atoms. The molecule has 4 rings (SSSR count). The number of hydrogen-bond donors (Lipinski definition) is 0. The second kappa shape index (κ2) is 7.13. The maximum absolute atomic E-state index is 13.0. The van der Waals surface area contributed by atoms with Gasteiger partial charge in [0.25, 0.3) is 12.3 Å². The van der Waals surface area contributed by atoms with Gasteiger partial charge in [0.1, 0.15) is 12.3 Å². The summed E-state index contributed by atoms with van der Waals surface area (Å²) < 4.78 is 33.1. The van der Waals surface area contributed by atoms with Crippen LogP contribution in [0, 0.1) is 5.92 Å². The van der Waals surface area contributed by atoms with E-state index in [0.29, 0.717) is 36.2 Å². The molecule has 9 heteroatoms. The normalized spacial score (nSPS) is 16.5. The summed E-state index contributed by atoms with van der Waals surface area (Å²) in [4.78, 5) is 26.6. The van der Waals surface area contributed by atoms with E-state index in [1.165, 1.54) is 4.57 Å². The van der Waals surface area contributed by atoms with Crippen molar-refractivity contribution >= 4 is 5.91 Å². The maximum Gasteiger partial charge on any atom is 0.346 e. The zero-order valence-corrected chi connectivity index (χ0v) is 14.7. The highest BCUT2D eigenvalue weighted by Gasteiger charge is 2.28. The first kappa shape index (κ1) is 17.7. The molecule has 1 aromatic heterocycles. The number of aromatic nitrogens is 3. The van der Waals surface area contributed by atoms with E-state index in [-0.39, 0.29) is 19.0 Å². The second-order valence-corrected chi connectivity index (χ2v) is 6.90. The lowest BCUT2D eigenvalue weighted by Gasteiger charge is -2.27. The number of para-hydroxylation sites is 1. The molecule has 1 fully saturated rings. The molecule has 0 saturated heterocycles. The van der Waals surface area contributed by atoms with E-state index in [1.807, 2.05) is 6.07 Å². The molecule has 2 aliphatic rings. The van der Waals surface area contributed by atoms with Crippen LogP contribution in [0.5, 0.6) is 5.75 Å². The topological polar surface area (TPSA) is 69.4 Å². The number of nitrogens with zero attached hydrogens (tertiary/aromatic N) is 4. The maximum atomic E-state index is 13.0. The molecule has 7 nitrogen and oxygen atoms in total. The van der Waals surface area contributed by atoms with Gasteiger partial charge in [0, 0.05) is 13.1 Å². The Morgan fingerprint density at radius 3 is 2.78 bits per heavy atom. The monoisotopic (exact) mass is 378 g/mol. The van der Waals surface area contributed by atoms with Crippen molar-refractivity contribution in [2.45, 2.75) is 38.9 Å². The van der Waals surface area contributed by atoms with Crippen LogP contribution in [0.3, 0.4) is 0 Å². The summed E-state index contributed by atoms with van der Waals surface area (Å²) in [7, 11) is 0. The van der Waals surface area contributed by atoms with Gasteiger partial charge in [-0.2, -0.15) is 5.10 Å². The fourth-order valence-electron chi connectivity index (χ4n) is 3.15. The molecule has 0 atom stereocenters. The summed E-state index contributed by atoms with van der Waals surface area (Å²) in [5.74, 6) is 1.21. The van der Waals surface area contributed by atoms with E-state index in [2.05, 4.69) is 5.10 Å². The second-order valence-electron chi connectivity index (χ2n) is 6.90. The summed E-state index contributed by atoms with van der Waals surface area (Å²) in [6.07, 6.45) is -0.352. The first-order valence-corrected chi connectivity index (χ1v) is 8.98. The number of rotatable bonds is 6. The van der Waals surface area contributed by atoms with Crippen molar-refractivity contribution in [1.82, 2.24) is 19.2 Å². The van der Waals surface area contributed by atoms with Gasteiger partial charge in [0.2, 0.25) is 0 Å². The Balaban J connectivity index is 1.52. The third-order valence-electron chi connectivity index (χ3n) is 4.81. The zero-order valence-electron chi connectivity index (χ0n) is 14.7. The van der Waals surface area contributed by atoms with Crippen LogP contribution in [0.4, 0.5) is 8.78 Å². The molecule has 1 aliphatic heterocycles. The lowest BCUT2D eigenvalue weighted by Crippen LogP contribution is -2.41. The van der Waals surface area contributed by atoms with Gasteiger partial charge in [-0.25, -0.2) is 18.3 Å². The van der Waals surface area contributed by atoms with Crippen molar-refractivity contribution in [1.29, 1.82) is 0 Å². The summed E-state index contributed by atoms with van der Waals surface area (Å²) in [5.41, 5.74) is -0.105. The van der Waals surface area contributed by atoms with Gasteiger partial charge in [-0.1, -0.05) is 12.1 Å². The smallest absolute Gasteiger partial charge is 0.346 e. The van der Waals surface area contributed by atoms with E-state index >= 15 is 0 Å². The number of fused-ring (bicyclic) bond motifs is 1. The lowest BCUT2D eigenvalue weighted by molar-refractivity contribution is 0.0701. The minimum absolute atomic E-state index is 0.0985. The minimum Gasteiger partial charge on any atom is -0.492 e. The van der Waals surface area contributed by atoms with Gasteiger partial charge >= 0.3 is 5.69 Å². The van der Waals surface area contributed by atoms with Crippen molar-refractivity contribution in [3.63, 3.8) is 0 Å². The van der Waals surface area contributed by atoms with Crippen molar-refractivity contribution in [3.8, 4) is 5.75 Å². The summed E-state index contributed by atoms with van der Waals surface area (Å²) in [6.45, 7) is 0.491. The summed E-state index contributed by atoms with van der Waals surface area (Å²) in [5, 5.41) is 3.97. The van der Waals surface area contributed by atoms with Crippen molar-refractivity contribution in [2.24, 2.45) is 5.92 Å². The Bertz CT molecular complexity index is 904. The number of alkyl halides is 2. The van der Waals surface area contributed by atoms with E-state index in [9.17, 15) is 18.4 Å². The highest BCUT2D eigenvalue weighted by molar-refractivity contribution is 5.96. The first-order chi connectivity index (χ1) is 13.0. The Hall–Kier alpha value is -2.71. The van der Waals surface area contributed by atoms with Crippen LogP contribution in [-0.4, -0.2) is 44.7 Å². The SMILES string of the molecule is O=C(c1ccccc1OCC1CC1)N1CCn2c(nn(CC(F)F)c2=O)C1. The fourth-order valence-corrected chi connectivity index (χ4v) is 3.15. The molecule has 2 heterocycles. The molecule has 2 aromatic rings. The molecule has 0 radical (unpaired) electrons. The van der Waals surface area contributed by atoms with E-state index < -0.39 is 18.7 Å². The van der Waals surface area contributed by atoms with Crippen molar-refractivity contribution in [3.05, 3.63) is 46.1 Å². The van der Waals surface area contributed by atoms with Crippen LogP contribution in [-0.2, 0) is 19.6 Å². The van der Waals surface area contributed by atoms with Crippen LogP contribution < -0.4 is 10.4 Å². The number of carbonyl (C=O) groups excluding carboxylic acids is 1. The zero-order chi connectivity index (χ0) is 19.0. The number of halogens is 2. The molecule has 1 saturated carbocycles. The largest absolute Gasteiger partial charge is 0.492 e. The predicted molar refractivity (Wildman–Crippen MR) is 91.9 cm³/mol. The highest BCUT2D eigenvalue weighted by atomic mass is 19.3. The third-order valence-corrected chi connectivity index (χ3v) is 4.81.